The minimum absolute atomic E-state index is 0.125. The highest BCUT2D eigenvalue weighted by atomic mass is 16.3. The van der Waals surface area contributed by atoms with E-state index in [1.807, 2.05) is 54.6 Å². The Kier molecular flexibility index (Phi) is 7.37. The van der Waals surface area contributed by atoms with Gasteiger partial charge in [-0.05, 0) is 36.7 Å². The van der Waals surface area contributed by atoms with Gasteiger partial charge >= 0.3 is 0 Å². The van der Waals surface area contributed by atoms with E-state index in [0.29, 0.717) is 18.4 Å². The molecule has 26 heavy (non-hydrogen) atoms. The molecule has 1 atom stereocenters. The van der Waals surface area contributed by atoms with Gasteiger partial charge < -0.3 is 15.3 Å². The topological polar surface area (TPSA) is 52.6 Å². The highest BCUT2D eigenvalue weighted by molar-refractivity contribution is 5.95. The van der Waals surface area contributed by atoms with Gasteiger partial charge in [0.2, 0.25) is 0 Å². The van der Waals surface area contributed by atoms with Gasteiger partial charge in [0.15, 0.2) is 0 Å². The van der Waals surface area contributed by atoms with Crippen LogP contribution in [0, 0.1) is 0 Å². The van der Waals surface area contributed by atoms with Crippen LogP contribution in [-0.2, 0) is 12.0 Å². The first-order valence-corrected chi connectivity index (χ1v) is 9.34. The molecule has 2 rings (SSSR count). The van der Waals surface area contributed by atoms with Crippen molar-refractivity contribution in [1.82, 2.24) is 10.2 Å². The predicted octanol–water partition coefficient (Wildman–Crippen LogP) is 3.21. The number of hydrogen-bond donors (Lipinski definition) is 2. The number of carbonyl (C=O) groups excluding carboxylic acids is 1. The molecule has 0 fully saturated rings. The third-order valence-electron chi connectivity index (χ3n) is 5.02. The molecule has 1 unspecified atom stereocenters. The summed E-state index contributed by atoms with van der Waals surface area (Å²) < 4.78 is 0. The van der Waals surface area contributed by atoms with E-state index < -0.39 is 5.60 Å². The van der Waals surface area contributed by atoms with Crippen LogP contribution >= 0.6 is 0 Å². The zero-order valence-corrected chi connectivity index (χ0v) is 16.0. The monoisotopic (exact) mass is 354 g/mol. The van der Waals surface area contributed by atoms with Crippen LogP contribution in [0.25, 0.3) is 0 Å². The lowest BCUT2D eigenvalue weighted by Crippen LogP contribution is -2.35. The number of nitrogens with one attached hydrogen (secondary N) is 1. The first-order valence-electron chi connectivity index (χ1n) is 9.34. The Balaban J connectivity index is 2.35. The van der Waals surface area contributed by atoms with Crippen molar-refractivity contribution in [2.45, 2.75) is 32.3 Å². The number of benzene rings is 2. The lowest BCUT2D eigenvalue weighted by molar-refractivity contribution is 0.0180. The Morgan fingerprint density at radius 2 is 1.65 bits per heavy atom. The van der Waals surface area contributed by atoms with Crippen LogP contribution in [0.5, 0.6) is 0 Å². The van der Waals surface area contributed by atoms with E-state index in [2.05, 4.69) is 24.1 Å². The quantitative estimate of drug-likeness (QED) is 0.727. The van der Waals surface area contributed by atoms with Crippen LogP contribution in [0.2, 0.25) is 0 Å². The largest absolute Gasteiger partial charge is 0.385 e. The molecule has 140 valence electrons. The smallest absolute Gasteiger partial charge is 0.251 e. The summed E-state index contributed by atoms with van der Waals surface area (Å²) in [7, 11) is 1.63. The SMILES string of the molecule is CCN(CC)CCC(O)(Cc1ccccc1C(=O)NC)c1ccccc1. The molecule has 0 bridgehead atoms. The lowest BCUT2D eigenvalue weighted by Gasteiger charge is -2.32. The highest BCUT2D eigenvalue weighted by Gasteiger charge is 2.31. The standard InChI is InChI=1S/C22H30N2O2/c1-4-24(5-2)16-15-22(26,19-12-7-6-8-13-19)17-18-11-9-10-14-20(18)21(25)23-3/h6-14,26H,4-5,15-17H2,1-3H3,(H,23,25). The van der Waals surface area contributed by atoms with Gasteiger partial charge in [0.05, 0.1) is 5.60 Å². The summed E-state index contributed by atoms with van der Waals surface area (Å²) in [6, 6.07) is 17.3. The molecule has 0 saturated heterocycles. The van der Waals surface area contributed by atoms with Crippen molar-refractivity contribution in [2.24, 2.45) is 0 Å². The maximum atomic E-state index is 12.2. The third kappa shape index (κ3) is 4.93. The zero-order chi connectivity index (χ0) is 19.0. The Morgan fingerprint density at radius 1 is 1.04 bits per heavy atom. The minimum Gasteiger partial charge on any atom is -0.385 e. The normalized spacial score (nSPS) is 13.4. The zero-order valence-electron chi connectivity index (χ0n) is 16.0. The second-order valence-electron chi connectivity index (χ2n) is 6.59. The molecule has 0 aliphatic carbocycles. The Morgan fingerprint density at radius 3 is 2.27 bits per heavy atom. The summed E-state index contributed by atoms with van der Waals surface area (Å²) in [4.78, 5) is 14.5. The molecule has 1 amide bonds. The fourth-order valence-corrected chi connectivity index (χ4v) is 3.31. The Labute approximate surface area is 156 Å². The first-order chi connectivity index (χ1) is 12.5. The molecular formula is C22H30N2O2. The van der Waals surface area contributed by atoms with Crippen LogP contribution in [-0.4, -0.2) is 42.6 Å². The van der Waals surface area contributed by atoms with Gasteiger partial charge in [-0.3, -0.25) is 4.79 Å². The van der Waals surface area contributed by atoms with E-state index in [1.54, 1.807) is 7.05 Å². The number of rotatable bonds is 9. The third-order valence-corrected chi connectivity index (χ3v) is 5.02. The summed E-state index contributed by atoms with van der Waals surface area (Å²) in [5, 5.41) is 14.3. The van der Waals surface area contributed by atoms with Crippen molar-refractivity contribution in [3.05, 3.63) is 71.3 Å². The summed E-state index contributed by atoms with van der Waals surface area (Å²) in [5.41, 5.74) is 1.34. The fraction of sp³-hybridized carbons (Fsp3) is 0.409. The predicted molar refractivity (Wildman–Crippen MR) is 106 cm³/mol. The molecule has 0 spiro atoms. The summed E-state index contributed by atoms with van der Waals surface area (Å²) in [5.74, 6) is -0.125. The van der Waals surface area contributed by atoms with Crippen molar-refractivity contribution >= 4 is 5.91 Å². The summed E-state index contributed by atoms with van der Waals surface area (Å²) in [6.07, 6.45) is 1.02. The number of carbonyl (C=O) groups is 1. The molecule has 2 aromatic carbocycles. The van der Waals surface area contributed by atoms with Crippen LogP contribution in [0.1, 0.15) is 41.8 Å². The summed E-state index contributed by atoms with van der Waals surface area (Å²) in [6.45, 7) is 6.98. The van der Waals surface area contributed by atoms with Gasteiger partial charge in [-0.15, -0.1) is 0 Å². The van der Waals surface area contributed by atoms with E-state index in [0.717, 1.165) is 30.8 Å². The van der Waals surface area contributed by atoms with Crippen LogP contribution in [0.4, 0.5) is 0 Å². The van der Waals surface area contributed by atoms with Crippen LogP contribution in [0.15, 0.2) is 54.6 Å². The molecule has 0 saturated carbocycles. The minimum atomic E-state index is -1.02. The van der Waals surface area contributed by atoms with Gasteiger partial charge in [-0.25, -0.2) is 0 Å². The molecule has 0 aromatic heterocycles. The first kappa shape index (κ1) is 20.1. The highest BCUT2D eigenvalue weighted by Crippen LogP contribution is 2.31. The van der Waals surface area contributed by atoms with Gasteiger partial charge in [-0.1, -0.05) is 62.4 Å². The van der Waals surface area contributed by atoms with Crippen molar-refractivity contribution in [3.8, 4) is 0 Å². The number of nitrogens with zero attached hydrogens (tertiary/aromatic N) is 1. The van der Waals surface area contributed by atoms with Crippen molar-refractivity contribution in [1.29, 1.82) is 0 Å². The Bertz CT molecular complexity index is 698. The van der Waals surface area contributed by atoms with Crippen LogP contribution < -0.4 is 5.32 Å². The average Bonchev–Trinajstić information content (AvgIpc) is 2.69. The molecule has 0 radical (unpaired) electrons. The summed E-state index contributed by atoms with van der Waals surface area (Å²) >= 11 is 0. The molecule has 0 aliphatic heterocycles. The molecule has 2 aromatic rings. The second-order valence-corrected chi connectivity index (χ2v) is 6.59. The van der Waals surface area contributed by atoms with Gasteiger partial charge in [0, 0.05) is 25.6 Å². The van der Waals surface area contributed by atoms with E-state index in [4.69, 9.17) is 0 Å². The fourth-order valence-electron chi connectivity index (χ4n) is 3.31. The maximum Gasteiger partial charge on any atom is 0.251 e. The number of amides is 1. The average molecular weight is 354 g/mol. The van der Waals surface area contributed by atoms with E-state index >= 15 is 0 Å². The number of hydrogen-bond acceptors (Lipinski definition) is 3. The van der Waals surface area contributed by atoms with E-state index in [-0.39, 0.29) is 5.91 Å². The molecule has 0 heterocycles. The van der Waals surface area contributed by atoms with Gasteiger partial charge in [0.25, 0.3) is 5.91 Å². The molecule has 0 aliphatic rings. The maximum absolute atomic E-state index is 12.2. The second kappa shape index (κ2) is 9.51. The van der Waals surface area contributed by atoms with Gasteiger partial charge in [-0.2, -0.15) is 0 Å². The Hall–Kier alpha value is -2.17. The molecular weight excluding hydrogens is 324 g/mol. The van der Waals surface area contributed by atoms with E-state index in [1.165, 1.54) is 0 Å². The van der Waals surface area contributed by atoms with Crippen LogP contribution in [0.3, 0.4) is 0 Å². The molecule has 4 heteroatoms. The van der Waals surface area contributed by atoms with Crippen molar-refractivity contribution in [3.63, 3.8) is 0 Å². The van der Waals surface area contributed by atoms with E-state index in [9.17, 15) is 9.90 Å². The lowest BCUT2D eigenvalue weighted by atomic mass is 9.83. The van der Waals surface area contributed by atoms with Gasteiger partial charge in [0.1, 0.15) is 0 Å². The molecule has 4 nitrogen and oxygen atoms in total. The van der Waals surface area contributed by atoms with Crippen molar-refractivity contribution in [2.75, 3.05) is 26.7 Å². The molecule has 2 N–H and O–H groups in total. The number of aliphatic hydroxyl groups is 1. The van der Waals surface area contributed by atoms with Crippen molar-refractivity contribution < 1.29 is 9.90 Å².